The number of fused-ring (bicyclic) bond motifs is 1. The van der Waals surface area contributed by atoms with Gasteiger partial charge in [-0.05, 0) is 42.7 Å². The predicted molar refractivity (Wildman–Crippen MR) is 125 cm³/mol. The zero-order valence-corrected chi connectivity index (χ0v) is 18.1. The van der Waals surface area contributed by atoms with Crippen LogP contribution in [0.15, 0.2) is 83.7 Å². The number of carbonyl (C=O) groups excluding carboxylic acids is 1. The normalized spacial score (nSPS) is 11.8. The van der Waals surface area contributed by atoms with Crippen LogP contribution in [-0.2, 0) is 13.0 Å². The number of nitrogens with one attached hydrogen (secondary N) is 1. The molecule has 4 rings (SSSR count). The van der Waals surface area contributed by atoms with Crippen molar-refractivity contribution in [3.05, 3.63) is 106 Å². The van der Waals surface area contributed by atoms with E-state index in [0.29, 0.717) is 23.7 Å². The molecular formula is C26H25N3O3. The van der Waals surface area contributed by atoms with Gasteiger partial charge in [-0.2, -0.15) is 5.10 Å². The van der Waals surface area contributed by atoms with E-state index in [4.69, 9.17) is 4.74 Å². The van der Waals surface area contributed by atoms with Crippen molar-refractivity contribution in [2.24, 2.45) is 0 Å². The van der Waals surface area contributed by atoms with Crippen molar-refractivity contribution >= 4 is 16.7 Å². The highest BCUT2D eigenvalue weighted by Gasteiger charge is 2.18. The van der Waals surface area contributed by atoms with Crippen molar-refractivity contribution in [1.82, 2.24) is 15.1 Å². The van der Waals surface area contributed by atoms with Gasteiger partial charge >= 0.3 is 0 Å². The Morgan fingerprint density at radius 2 is 1.66 bits per heavy atom. The maximum atomic E-state index is 13.2. The Hall–Kier alpha value is -3.93. The van der Waals surface area contributed by atoms with Crippen molar-refractivity contribution in [2.75, 3.05) is 7.11 Å². The summed E-state index contributed by atoms with van der Waals surface area (Å²) in [4.78, 5) is 26.2. The van der Waals surface area contributed by atoms with Crippen molar-refractivity contribution in [3.63, 3.8) is 0 Å². The number of ether oxygens (including phenoxy) is 1. The molecule has 0 bridgehead atoms. The van der Waals surface area contributed by atoms with Gasteiger partial charge in [0.05, 0.1) is 19.0 Å². The lowest BCUT2D eigenvalue weighted by Gasteiger charge is -2.16. The zero-order chi connectivity index (χ0) is 22.5. The van der Waals surface area contributed by atoms with Gasteiger partial charge in [0, 0.05) is 11.4 Å². The second-order valence-corrected chi connectivity index (χ2v) is 7.77. The Balaban J connectivity index is 1.62. The summed E-state index contributed by atoms with van der Waals surface area (Å²) in [5.41, 5.74) is 2.03. The molecule has 4 aromatic rings. The Morgan fingerprint density at radius 3 is 2.41 bits per heavy atom. The highest BCUT2D eigenvalue weighted by atomic mass is 16.5. The summed E-state index contributed by atoms with van der Waals surface area (Å²) in [7, 11) is 1.63. The molecular weight excluding hydrogens is 402 g/mol. The number of nitrogens with zero attached hydrogens (tertiary/aromatic N) is 2. The standard InChI is InChI=1S/C26H25N3O3/c1-18(15-20-11-8-12-21(16-20)32-2)27-25(30)24-22-13-6-7-14-23(22)26(31)29(28-24)17-19-9-4-3-5-10-19/h3-14,16,18H,15,17H2,1-2H3,(H,27,30). The summed E-state index contributed by atoms with van der Waals surface area (Å²) in [5.74, 6) is 0.472. The average molecular weight is 428 g/mol. The molecule has 32 heavy (non-hydrogen) atoms. The SMILES string of the molecule is COc1cccc(CC(C)NC(=O)c2nn(Cc3ccccc3)c(=O)c3ccccc23)c1. The number of benzene rings is 3. The van der Waals surface area contributed by atoms with Gasteiger partial charge in [0.25, 0.3) is 11.5 Å². The van der Waals surface area contributed by atoms with Crippen LogP contribution in [0.4, 0.5) is 0 Å². The number of carbonyl (C=O) groups is 1. The summed E-state index contributed by atoms with van der Waals surface area (Å²) >= 11 is 0. The van der Waals surface area contributed by atoms with Gasteiger partial charge in [0.15, 0.2) is 5.69 Å². The Morgan fingerprint density at radius 1 is 0.969 bits per heavy atom. The molecule has 6 heteroatoms. The summed E-state index contributed by atoms with van der Waals surface area (Å²) < 4.78 is 6.64. The second kappa shape index (κ2) is 9.47. The first-order valence-corrected chi connectivity index (χ1v) is 10.5. The fourth-order valence-corrected chi connectivity index (χ4v) is 3.76. The number of aromatic nitrogens is 2. The third-order valence-electron chi connectivity index (χ3n) is 5.31. The van der Waals surface area contributed by atoms with Gasteiger partial charge in [-0.1, -0.05) is 60.7 Å². The third-order valence-corrected chi connectivity index (χ3v) is 5.31. The number of amides is 1. The third kappa shape index (κ3) is 4.70. The van der Waals surface area contributed by atoms with E-state index in [1.807, 2.05) is 61.5 Å². The summed E-state index contributed by atoms with van der Waals surface area (Å²) in [6, 6.07) is 24.3. The number of methoxy groups -OCH3 is 1. The lowest BCUT2D eigenvalue weighted by molar-refractivity contribution is 0.0934. The Bertz CT molecular complexity index is 1300. The molecule has 1 N–H and O–H groups in total. The van der Waals surface area contributed by atoms with Gasteiger partial charge < -0.3 is 10.1 Å². The van der Waals surface area contributed by atoms with Crippen molar-refractivity contribution in [2.45, 2.75) is 25.9 Å². The van der Waals surface area contributed by atoms with E-state index < -0.39 is 0 Å². The maximum absolute atomic E-state index is 13.2. The monoisotopic (exact) mass is 427 g/mol. The van der Waals surface area contributed by atoms with E-state index in [0.717, 1.165) is 16.9 Å². The minimum absolute atomic E-state index is 0.135. The molecule has 1 unspecified atom stereocenters. The molecule has 6 nitrogen and oxygen atoms in total. The lowest BCUT2D eigenvalue weighted by atomic mass is 10.1. The molecule has 0 saturated carbocycles. The highest BCUT2D eigenvalue weighted by molar-refractivity contribution is 6.04. The average Bonchev–Trinajstić information content (AvgIpc) is 2.81. The van der Waals surface area contributed by atoms with Gasteiger partial charge in [0.2, 0.25) is 0 Å². The van der Waals surface area contributed by atoms with E-state index in [1.165, 1.54) is 4.68 Å². The second-order valence-electron chi connectivity index (χ2n) is 7.77. The fraction of sp³-hybridized carbons (Fsp3) is 0.192. The molecule has 1 heterocycles. The summed E-state index contributed by atoms with van der Waals surface area (Å²) in [6.45, 7) is 2.24. The topological polar surface area (TPSA) is 73.2 Å². The van der Waals surface area contributed by atoms with E-state index >= 15 is 0 Å². The van der Waals surface area contributed by atoms with Crippen LogP contribution in [0, 0.1) is 0 Å². The fourth-order valence-electron chi connectivity index (χ4n) is 3.76. The van der Waals surface area contributed by atoms with Gasteiger partial charge in [-0.3, -0.25) is 9.59 Å². The van der Waals surface area contributed by atoms with E-state index in [2.05, 4.69) is 10.4 Å². The van der Waals surface area contributed by atoms with E-state index in [9.17, 15) is 9.59 Å². The predicted octanol–water partition coefficient (Wildman–Crippen LogP) is 3.81. The largest absolute Gasteiger partial charge is 0.497 e. The summed E-state index contributed by atoms with van der Waals surface area (Å²) in [6.07, 6.45) is 0.643. The number of hydrogen-bond donors (Lipinski definition) is 1. The van der Waals surface area contributed by atoms with Crippen LogP contribution in [0.1, 0.15) is 28.5 Å². The highest BCUT2D eigenvalue weighted by Crippen LogP contribution is 2.16. The Labute approximate surface area is 186 Å². The molecule has 0 aliphatic carbocycles. The van der Waals surface area contributed by atoms with Gasteiger partial charge in [0.1, 0.15) is 5.75 Å². The molecule has 0 fully saturated rings. The van der Waals surface area contributed by atoms with E-state index in [-0.39, 0.29) is 23.2 Å². The Kier molecular flexibility index (Phi) is 6.31. The summed E-state index contributed by atoms with van der Waals surface area (Å²) in [5, 5.41) is 8.51. The zero-order valence-electron chi connectivity index (χ0n) is 18.1. The maximum Gasteiger partial charge on any atom is 0.274 e. The van der Waals surface area contributed by atoms with Crippen LogP contribution >= 0.6 is 0 Å². The van der Waals surface area contributed by atoms with Crippen molar-refractivity contribution < 1.29 is 9.53 Å². The van der Waals surface area contributed by atoms with Gasteiger partial charge in [-0.15, -0.1) is 0 Å². The molecule has 1 aromatic heterocycles. The van der Waals surface area contributed by atoms with E-state index in [1.54, 1.807) is 31.4 Å². The van der Waals surface area contributed by atoms with Crippen molar-refractivity contribution in [1.29, 1.82) is 0 Å². The first-order valence-electron chi connectivity index (χ1n) is 10.5. The molecule has 1 amide bonds. The molecule has 162 valence electrons. The van der Waals surface area contributed by atoms with Crippen molar-refractivity contribution in [3.8, 4) is 5.75 Å². The van der Waals surface area contributed by atoms with Crippen LogP contribution in [0.3, 0.4) is 0 Å². The smallest absolute Gasteiger partial charge is 0.274 e. The minimum Gasteiger partial charge on any atom is -0.497 e. The number of rotatable bonds is 7. The molecule has 1 atom stereocenters. The van der Waals surface area contributed by atoms with Crippen LogP contribution in [0.2, 0.25) is 0 Å². The molecule has 0 spiro atoms. The molecule has 3 aromatic carbocycles. The molecule has 0 saturated heterocycles. The van der Waals surface area contributed by atoms with Crippen LogP contribution in [0.5, 0.6) is 5.75 Å². The molecule has 0 radical (unpaired) electrons. The van der Waals surface area contributed by atoms with Crippen LogP contribution in [-0.4, -0.2) is 28.8 Å². The first-order chi connectivity index (χ1) is 15.5. The molecule has 0 aliphatic heterocycles. The van der Waals surface area contributed by atoms with Crippen LogP contribution < -0.4 is 15.6 Å². The molecule has 0 aliphatic rings. The number of hydrogen-bond acceptors (Lipinski definition) is 4. The first kappa shape index (κ1) is 21.3. The van der Waals surface area contributed by atoms with Gasteiger partial charge in [-0.25, -0.2) is 4.68 Å². The minimum atomic E-state index is -0.307. The quantitative estimate of drug-likeness (QED) is 0.487. The lowest BCUT2D eigenvalue weighted by Crippen LogP contribution is -2.36. The van der Waals surface area contributed by atoms with Crippen LogP contribution in [0.25, 0.3) is 10.8 Å².